The van der Waals surface area contributed by atoms with Crippen LogP contribution < -0.4 is 0 Å². The molecule has 0 spiro atoms. The standard InChI is InChI=1S/C19H36N4O5.C18H36N4O3.3CO2.3ClH.3Ga.4H/c1-16(2)12-17(24)13-21-8-10-22(14-18(25)26)6-4-20(3)5-7-23(11-9-21)15-19(27)28;1-16(2)13-17(23)14-21-9-7-19(3)5-6-20(4)8-10-22(12-11-21)15-18(24)25;3*2-1-3;;;;;;;;;;/h16H,4-15H2,1-3H3,(H,25,26)(H,27,28);16H,5-15H2,1-4H3,(H,24,25);;;;3*1H;;;;;;;/q;;;;;;;;-1;+2;+3;;;;/p-5. The molecule has 0 aromatic rings. The average molecular weight is 1210 g/mol. The van der Waals surface area contributed by atoms with Crippen molar-refractivity contribution in [3.8, 4) is 0 Å². The Kier molecular flexibility index (Phi) is 51.1. The summed E-state index contributed by atoms with van der Waals surface area (Å²) in [6.07, 6.45) is 1.93. The van der Waals surface area contributed by atoms with Crippen LogP contribution >= 0.6 is 28.9 Å². The summed E-state index contributed by atoms with van der Waals surface area (Å²) in [5.41, 5.74) is 0. The van der Waals surface area contributed by atoms with Crippen LogP contribution in [0.25, 0.3) is 0 Å². The normalized spacial score (nSPS) is 19.8. The predicted molar refractivity (Wildman–Crippen MR) is 259 cm³/mol. The van der Waals surface area contributed by atoms with Crippen LogP contribution in [0.4, 0.5) is 0 Å². The molecule has 2 unspecified atom stereocenters. The summed E-state index contributed by atoms with van der Waals surface area (Å²) in [7, 11) is 21.2. The molecule has 28 heteroatoms. The van der Waals surface area contributed by atoms with E-state index in [1.54, 1.807) is 0 Å². The molecule has 4 heterocycles. The maximum atomic E-state index is 12.4. The first-order chi connectivity index (χ1) is 31.5. The molecule has 4 fully saturated rings. The minimum absolute atomic E-state index is 0. The third-order valence-corrected chi connectivity index (χ3v) is 11.3. The van der Waals surface area contributed by atoms with E-state index in [4.69, 9.17) is 69.8 Å². The number of aliphatic carboxylic acids is 1. The number of carboxylic acids is 1. The van der Waals surface area contributed by atoms with Crippen molar-refractivity contribution in [2.75, 3.05) is 159 Å². The number of carbonyl (C=O) groups excluding carboxylic acids is 10. The Morgan fingerprint density at radius 1 is 0.544 bits per heavy atom. The number of likely N-dealkylation sites (N-methyl/N-ethyl adjacent to an activating group) is 3. The molecule has 2 atom stereocenters. The fourth-order valence-corrected chi connectivity index (χ4v) is 7.29. The van der Waals surface area contributed by atoms with Crippen molar-refractivity contribution < 1.29 is 64.9 Å². The number of hydrogen-bond donors (Lipinski definition) is 1. The van der Waals surface area contributed by atoms with Gasteiger partial charge in [-0.15, -0.1) is 0 Å². The first-order valence-corrected chi connectivity index (χ1v) is 33.1. The van der Waals surface area contributed by atoms with Crippen molar-refractivity contribution in [2.45, 2.75) is 40.5 Å². The van der Waals surface area contributed by atoms with Crippen molar-refractivity contribution in [2.24, 2.45) is 11.8 Å². The van der Waals surface area contributed by atoms with Gasteiger partial charge in [0.2, 0.25) is 0 Å². The van der Waals surface area contributed by atoms with Gasteiger partial charge >= 0.3 is 268 Å². The zero-order valence-corrected chi connectivity index (χ0v) is 47.2. The molecule has 0 aliphatic carbocycles. The van der Waals surface area contributed by atoms with Crippen LogP contribution in [0, 0.1) is 11.8 Å². The van der Waals surface area contributed by atoms with Crippen LogP contribution in [0.5, 0.6) is 0 Å². The van der Waals surface area contributed by atoms with Crippen molar-refractivity contribution >= 4 is 128 Å². The minimum atomic E-state index is -2.06. The monoisotopic (exact) mass is 1200 g/mol. The van der Waals surface area contributed by atoms with Crippen molar-refractivity contribution in [1.29, 1.82) is 0 Å². The number of rotatable bonds is 10. The zero-order chi connectivity index (χ0) is 51.7. The Labute approximate surface area is 440 Å². The summed E-state index contributed by atoms with van der Waals surface area (Å²) in [5, 5.41) is 9.14. The molecule has 1 N–H and O–H groups in total. The van der Waals surface area contributed by atoms with Gasteiger partial charge in [0, 0.05) is 58.8 Å². The predicted octanol–water partition coefficient (Wildman–Crippen LogP) is -2.26. The van der Waals surface area contributed by atoms with Crippen LogP contribution in [0.3, 0.4) is 0 Å². The van der Waals surface area contributed by atoms with E-state index in [-0.39, 0.29) is 81.4 Å². The van der Waals surface area contributed by atoms with E-state index in [0.717, 1.165) is 72.0 Å². The number of halogens is 3. The summed E-state index contributed by atoms with van der Waals surface area (Å²) >= 11 is -3.87. The third kappa shape index (κ3) is 49.3. The molecular weight excluding hydrogens is 1130 g/mol. The summed E-state index contributed by atoms with van der Waals surface area (Å²) in [5.74, 6) is -0.252. The second-order valence-corrected chi connectivity index (χ2v) is 29.2. The van der Waals surface area contributed by atoms with E-state index in [9.17, 15) is 24.0 Å². The molecule has 4 rings (SSSR count). The van der Waals surface area contributed by atoms with E-state index in [2.05, 4.69) is 69.3 Å². The number of carbonyl (C=O) groups is 5. The van der Waals surface area contributed by atoms with E-state index < -0.39 is 37.3 Å². The molecule has 389 valence electrons. The van der Waals surface area contributed by atoms with Crippen LogP contribution in [-0.4, -0.2) is 302 Å². The van der Waals surface area contributed by atoms with E-state index in [1.165, 1.54) is 0 Å². The molecular formula is C40H74Cl3Ga3N8O14-. The van der Waals surface area contributed by atoms with Gasteiger partial charge in [-0.05, 0) is 20.0 Å². The molecule has 0 aromatic heterocycles. The van der Waals surface area contributed by atoms with E-state index in [0.29, 0.717) is 70.5 Å². The second-order valence-electron chi connectivity index (χ2n) is 16.5. The quantitative estimate of drug-likeness (QED) is 0.227. The van der Waals surface area contributed by atoms with Gasteiger partial charge in [0.05, 0.1) is 13.1 Å². The Morgan fingerprint density at radius 2 is 0.779 bits per heavy atom. The first-order valence-electron chi connectivity index (χ1n) is 21.6. The van der Waals surface area contributed by atoms with Crippen LogP contribution in [0.15, 0.2) is 0 Å². The maximum absolute atomic E-state index is 12.4. The number of ketones is 2. The SMILES string of the molecule is CC(C)CC(=O)CN1CCN(C)CCN(C)CCN(CC(=O)O)CC1.CC(C)CC(=O)CN1CCN2CCN(C)CCN(CC1)CC(=O)[O][Ga][O]C(=O)C2.O=C=O.O=C=O.O=C=O.[Cl][Ga]([Cl])[Cl].[GaH4-]. The fourth-order valence-electron chi connectivity index (χ4n) is 6.42. The van der Waals surface area contributed by atoms with E-state index >= 15 is 0 Å². The fraction of sp³-hybridized carbons (Fsp3) is 0.800. The summed E-state index contributed by atoms with van der Waals surface area (Å²) in [6.45, 7) is 22.2. The van der Waals surface area contributed by atoms with Crippen LogP contribution in [0.1, 0.15) is 40.5 Å². The van der Waals surface area contributed by atoms with Crippen LogP contribution in [-0.2, 0) is 59.8 Å². The van der Waals surface area contributed by atoms with Gasteiger partial charge in [-0.25, -0.2) is 0 Å². The Morgan fingerprint density at radius 3 is 1.07 bits per heavy atom. The summed E-state index contributed by atoms with van der Waals surface area (Å²) in [6, 6.07) is 0. The van der Waals surface area contributed by atoms with Crippen molar-refractivity contribution in [1.82, 2.24) is 39.2 Å². The van der Waals surface area contributed by atoms with Gasteiger partial charge < -0.3 is 14.9 Å². The summed E-state index contributed by atoms with van der Waals surface area (Å²) in [4.78, 5) is 126. The molecule has 4 saturated heterocycles. The molecule has 2 bridgehead atoms. The molecule has 68 heavy (non-hydrogen) atoms. The molecule has 0 amide bonds. The molecule has 1 radical (unpaired) electrons. The Balaban J connectivity index is -0.000000477. The number of hydrogen-bond acceptors (Lipinski definition) is 21. The van der Waals surface area contributed by atoms with Gasteiger partial charge in [-0.1, -0.05) is 13.8 Å². The van der Waals surface area contributed by atoms with Gasteiger partial charge in [-0.3, -0.25) is 19.4 Å². The molecule has 0 aromatic carbocycles. The third-order valence-electron chi connectivity index (χ3n) is 9.75. The second kappa shape index (κ2) is 47.7. The summed E-state index contributed by atoms with van der Waals surface area (Å²) < 4.78 is 10.4. The van der Waals surface area contributed by atoms with Gasteiger partial charge in [0.1, 0.15) is 5.78 Å². The topological polar surface area (TPSA) is 252 Å². The zero-order valence-electron chi connectivity index (χ0n) is 40.0. The van der Waals surface area contributed by atoms with E-state index in [1.807, 2.05) is 18.7 Å². The molecule has 0 saturated carbocycles. The number of nitrogens with zero attached hydrogens (tertiary/aromatic N) is 8. The van der Waals surface area contributed by atoms with Crippen LogP contribution in [0.2, 0.25) is 0 Å². The van der Waals surface area contributed by atoms with Gasteiger partial charge in [0.25, 0.3) is 0 Å². The number of carboxylic acid groups (broad SMARTS) is 1. The molecule has 4 aliphatic rings. The Hall–Kier alpha value is -1.65. The number of fused-ring (bicyclic) bond motifs is 14. The molecule has 22 nitrogen and oxygen atoms in total. The average Bonchev–Trinajstić information content (AvgIpc) is 3.20. The van der Waals surface area contributed by atoms with Crippen molar-refractivity contribution in [3.63, 3.8) is 0 Å². The van der Waals surface area contributed by atoms with Gasteiger partial charge in [0.15, 0.2) is 0 Å². The molecule has 4 aliphatic heterocycles. The first kappa shape index (κ1) is 72.9. The van der Waals surface area contributed by atoms with Crippen molar-refractivity contribution in [3.05, 3.63) is 0 Å². The Bertz CT molecular complexity index is 1440. The number of Topliss-reactive ketones (excluding diaryl/α,β-unsaturated/α-hetero) is 2. The van der Waals surface area contributed by atoms with Gasteiger partial charge in [-0.2, -0.15) is 28.8 Å².